The number of thiocarbonyl (C=S) groups is 1. The van der Waals surface area contributed by atoms with Crippen molar-refractivity contribution in [1.29, 1.82) is 0 Å². The normalized spacial score (nSPS) is 23.2. The van der Waals surface area contributed by atoms with Crippen LogP contribution in [0.25, 0.3) is 0 Å². The molecule has 1 aromatic carbocycles. The van der Waals surface area contributed by atoms with Gasteiger partial charge in [-0.3, -0.25) is 14.5 Å². The number of hydrogen-bond acceptors (Lipinski definition) is 3. The summed E-state index contributed by atoms with van der Waals surface area (Å²) in [4.78, 5) is 26.4. The van der Waals surface area contributed by atoms with Crippen molar-refractivity contribution in [2.75, 3.05) is 0 Å². The lowest BCUT2D eigenvalue weighted by Crippen LogP contribution is -2.56. The predicted octanol–water partition coefficient (Wildman–Crippen LogP) is 1.77. The molecule has 5 heteroatoms. The van der Waals surface area contributed by atoms with E-state index in [2.05, 4.69) is 0 Å². The number of rotatable bonds is 3. The van der Waals surface area contributed by atoms with Crippen molar-refractivity contribution in [3.05, 3.63) is 35.9 Å². The summed E-state index contributed by atoms with van der Waals surface area (Å²) in [7, 11) is 0. The van der Waals surface area contributed by atoms with Gasteiger partial charge in [0, 0.05) is 6.42 Å². The molecular weight excluding hydrogens is 272 g/mol. The Morgan fingerprint density at radius 2 is 1.85 bits per heavy atom. The van der Waals surface area contributed by atoms with Crippen LogP contribution in [0.4, 0.5) is 0 Å². The molecule has 2 rings (SSSR count). The van der Waals surface area contributed by atoms with E-state index in [-0.39, 0.29) is 23.2 Å². The molecule has 1 saturated heterocycles. The van der Waals surface area contributed by atoms with E-state index in [0.29, 0.717) is 0 Å². The zero-order chi connectivity index (χ0) is 15.1. The Kier molecular flexibility index (Phi) is 3.42. The lowest BCUT2D eigenvalue weighted by molar-refractivity contribution is -0.143. The Labute approximate surface area is 123 Å². The Balaban J connectivity index is 2.47. The highest BCUT2D eigenvalue weighted by Gasteiger charge is 2.54. The second kappa shape index (κ2) is 4.66. The van der Waals surface area contributed by atoms with Crippen LogP contribution in [-0.2, 0) is 15.0 Å². The van der Waals surface area contributed by atoms with Crippen LogP contribution in [0.5, 0.6) is 0 Å². The van der Waals surface area contributed by atoms with Crippen molar-refractivity contribution in [2.45, 2.75) is 38.1 Å². The minimum absolute atomic E-state index is 0.136. The van der Waals surface area contributed by atoms with Gasteiger partial charge < -0.3 is 5.73 Å². The van der Waals surface area contributed by atoms with Gasteiger partial charge in [0.15, 0.2) is 0 Å². The number of likely N-dealkylation sites (tertiary alicyclic amines) is 1. The molecule has 1 atom stereocenters. The molecule has 1 aliphatic heterocycles. The number of carbonyl (C=O) groups excluding carboxylic acids is 2. The van der Waals surface area contributed by atoms with Gasteiger partial charge in [0.1, 0.15) is 0 Å². The number of nitrogens with zero attached hydrogens (tertiary/aromatic N) is 1. The molecule has 2 amide bonds. The Morgan fingerprint density at radius 1 is 1.30 bits per heavy atom. The summed E-state index contributed by atoms with van der Waals surface area (Å²) in [6, 6.07) is 9.33. The Bertz CT molecular complexity index is 583. The molecule has 0 spiro atoms. The standard InChI is InChI=1S/C15H18N2O2S/c1-14(2,12(16)20)17-11(18)9-15(3,13(17)19)10-7-5-4-6-8-10/h4-8H,9H2,1-3H3,(H2,16,20). The molecule has 0 aliphatic carbocycles. The average molecular weight is 290 g/mol. The highest BCUT2D eigenvalue weighted by Crippen LogP contribution is 2.39. The van der Waals surface area contributed by atoms with E-state index in [9.17, 15) is 9.59 Å². The smallest absolute Gasteiger partial charge is 0.240 e. The summed E-state index contributed by atoms with van der Waals surface area (Å²) >= 11 is 5.00. The molecule has 2 N–H and O–H groups in total. The zero-order valence-corrected chi connectivity index (χ0v) is 12.7. The average Bonchev–Trinajstić information content (AvgIpc) is 2.62. The molecular formula is C15H18N2O2S. The van der Waals surface area contributed by atoms with Crippen molar-refractivity contribution in [3.63, 3.8) is 0 Å². The van der Waals surface area contributed by atoms with E-state index in [1.54, 1.807) is 20.8 Å². The van der Waals surface area contributed by atoms with Crippen molar-refractivity contribution >= 4 is 29.0 Å². The topological polar surface area (TPSA) is 63.4 Å². The second-order valence-corrected chi connectivity index (χ2v) is 6.27. The fraction of sp³-hybridized carbons (Fsp3) is 0.400. The molecule has 1 aromatic rings. The summed E-state index contributed by atoms with van der Waals surface area (Å²) in [5.41, 5.74) is 4.72. The van der Waals surface area contributed by atoms with E-state index >= 15 is 0 Å². The minimum Gasteiger partial charge on any atom is -0.391 e. The van der Waals surface area contributed by atoms with Gasteiger partial charge in [-0.2, -0.15) is 0 Å². The van der Waals surface area contributed by atoms with Crippen molar-refractivity contribution in [3.8, 4) is 0 Å². The van der Waals surface area contributed by atoms with Crippen LogP contribution >= 0.6 is 12.2 Å². The van der Waals surface area contributed by atoms with E-state index in [1.807, 2.05) is 30.3 Å². The number of nitrogens with two attached hydrogens (primary N) is 1. The third kappa shape index (κ3) is 2.02. The maximum absolute atomic E-state index is 12.8. The van der Waals surface area contributed by atoms with Crippen LogP contribution in [0.2, 0.25) is 0 Å². The second-order valence-electron chi connectivity index (χ2n) is 5.83. The summed E-state index contributed by atoms with van der Waals surface area (Å²) in [5, 5.41) is 0. The Morgan fingerprint density at radius 3 is 2.35 bits per heavy atom. The molecule has 1 unspecified atom stereocenters. The van der Waals surface area contributed by atoms with Crippen LogP contribution in [-0.4, -0.2) is 27.2 Å². The molecule has 0 saturated carbocycles. The number of amides is 2. The summed E-state index contributed by atoms with van der Waals surface area (Å²) in [6.07, 6.45) is 0.141. The van der Waals surface area contributed by atoms with Crippen LogP contribution in [0, 0.1) is 0 Å². The quantitative estimate of drug-likeness (QED) is 0.680. The first-order chi connectivity index (χ1) is 9.21. The lowest BCUT2D eigenvalue weighted by atomic mass is 9.81. The predicted molar refractivity (Wildman–Crippen MR) is 81.1 cm³/mol. The van der Waals surface area contributed by atoms with Crippen LogP contribution in [0.15, 0.2) is 30.3 Å². The monoisotopic (exact) mass is 290 g/mol. The molecule has 1 aliphatic rings. The molecule has 4 nitrogen and oxygen atoms in total. The van der Waals surface area contributed by atoms with Crippen molar-refractivity contribution in [1.82, 2.24) is 4.90 Å². The van der Waals surface area contributed by atoms with Gasteiger partial charge in [-0.25, -0.2) is 0 Å². The number of hydrogen-bond donors (Lipinski definition) is 1. The number of carbonyl (C=O) groups is 2. The first-order valence-corrected chi connectivity index (χ1v) is 6.85. The zero-order valence-electron chi connectivity index (χ0n) is 11.8. The molecule has 20 heavy (non-hydrogen) atoms. The molecule has 106 valence electrons. The minimum atomic E-state index is -0.948. The van der Waals surface area contributed by atoms with Gasteiger partial charge in [-0.1, -0.05) is 42.5 Å². The van der Waals surface area contributed by atoms with E-state index in [0.717, 1.165) is 5.56 Å². The largest absolute Gasteiger partial charge is 0.391 e. The Hall–Kier alpha value is -1.75. The van der Waals surface area contributed by atoms with E-state index in [1.165, 1.54) is 4.90 Å². The van der Waals surface area contributed by atoms with Crippen LogP contribution in [0.1, 0.15) is 32.8 Å². The third-order valence-electron chi connectivity index (χ3n) is 4.00. The lowest BCUT2D eigenvalue weighted by Gasteiger charge is -2.34. The molecule has 0 bridgehead atoms. The first-order valence-electron chi connectivity index (χ1n) is 6.44. The van der Waals surface area contributed by atoms with Gasteiger partial charge in [0.25, 0.3) is 0 Å². The molecule has 0 radical (unpaired) electrons. The number of benzene rings is 1. The van der Waals surface area contributed by atoms with Gasteiger partial charge >= 0.3 is 0 Å². The van der Waals surface area contributed by atoms with E-state index in [4.69, 9.17) is 18.0 Å². The van der Waals surface area contributed by atoms with E-state index < -0.39 is 11.0 Å². The summed E-state index contributed by atoms with van der Waals surface area (Å²) < 4.78 is 0. The fourth-order valence-corrected chi connectivity index (χ4v) is 2.62. The summed E-state index contributed by atoms with van der Waals surface area (Å²) in [6.45, 7) is 5.18. The molecule has 1 heterocycles. The summed E-state index contributed by atoms with van der Waals surface area (Å²) in [5.74, 6) is -0.481. The fourth-order valence-electron chi connectivity index (χ4n) is 2.52. The maximum Gasteiger partial charge on any atom is 0.240 e. The number of imide groups is 1. The van der Waals surface area contributed by atoms with Gasteiger partial charge in [0.2, 0.25) is 11.8 Å². The molecule has 1 fully saturated rings. The first kappa shape index (κ1) is 14.7. The maximum atomic E-state index is 12.8. The third-order valence-corrected chi connectivity index (χ3v) is 4.50. The van der Waals surface area contributed by atoms with Crippen LogP contribution < -0.4 is 5.73 Å². The highest BCUT2D eigenvalue weighted by molar-refractivity contribution is 7.80. The van der Waals surface area contributed by atoms with Gasteiger partial charge in [0.05, 0.1) is 15.9 Å². The van der Waals surface area contributed by atoms with Crippen molar-refractivity contribution < 1.29 is 9.59 Å². The van der Waals surface area contributed by atoms with Gasteiger partial charge in [-0.05, 0) is 26.3 Å². The van der Waals surface area contributed by atoms with Crippen molar-refractivity contribution in [2.24, 2.45) is 5.73 Å². The van der Waals surface area contributed by atoms with Gasteiger partial charge in [-0.15, -0.1) is 0 Å². The SMILES string of the molecule is CC1(c2ccccc2)CC(=O)N(C(C)(C)C(N)=S)C1=O. The van der Waals surface area contributed by atoms with Crippen LogP contribution in [0.3, 0.4) is 0 Å². The molecule has 0 aromatic heterocycles. The highest BCUT2D eigenvalue weighted by atomic mass is 32.1.